The third-order valence-electron chi connectivity index (χ3n) is 3.22. The van der Waals surface area contributed by atoms with E-state index in [1.807, 2.05) is 0 Å². The molecule has 0 aliphatic heterocycles. The number of primary amides is 1. The van der Waals surface area contributed by atoms with Crippen molar-refractivity contribution in [1.82, 2.24) is 0 Å². The number of alkyl halides is 6. The molecule has 0 saturated carbocycles. The molecular weight excluding hydrogens is 447 g/mol. The number of amides is 1. The monoisotopic (exact) mass is 459 g/mol. The molecule has 0 heterocycles. The maximum atomic E-state index is 12.5. The summed E-state index contributed by atoms with van der Waals surface area (Å²) in [5.74, 6) is -2.31. The van der Waals surface area contributed by atoms with Crippen molar-refractivity contribution in [3.63, 3.8) is 0 Å². The van der Waals surface area contributed by atoms with Gasteiger partial charge >= 0.3 is 12.4 Å². The van der Waals surface area contributed by atoms with E-state index in [9.17, 15) is 43.9 Å². The van der Waals surface area contributed by atoms with E-state index in [1.165, 1.54) is 0 Å². The van der Waals surface area contributed by atoms with Crippen molar-refractivity contribution in [3.8, 4) is 0 Å². The molecular formula is C17H12F7NO4S. The first-order valence-corrected chi connectivity index (χ1v) is 9.00. The second kappa shape index (κ2) is 9.26. The van der Waals surface area contributed by atoms with E-state index < -0.39 is 50.9 Å². The topological polar surface area (TPSA) is 97.5 Å². The summed E-state index contributed by atoms with van der Waals surface area (Å²) < 4.78 is 115. The molecule has 1 amide bonds. The summed E-state index contributed by atoms with van der Waals surface area (Å²) >= 11 is 0. The molecule has 0 fully saturated rings. The molecule has 0 atom stereocenters. The van der Waals surface area contributed by atoms with E-state index in [2.05, 4.69) is 0 Å². The molecule has 2 aromatic carbocycles. The fourth-order valence-electron chi connectivity index (χ4n) is 1.91. The van der Waals surface area contributed by atoms with Crippen molar-refractivity contribution in [3.05, 3.63) is 75.9 Å². The molecule has 2 rings (SSSR count). The lowest BCUT2D eigenvalue weighted by molar-refractivity contribution is -0.138. The van der Waals surface area contributed by atoms with Crippen molar-refractivity contribution < 1.29 is 48.5 Å². The van der Waals surface area contributed by atoms with Gasteiger partial charge in [0, 0.05) is 0 Å². The lowest BCUT2D eigenvalue weighted by atomic mass is 10.1. The van der Waals surface area contributed by atoms with E-state index in [0.29, 0.717) is 11.5 Å². The quantitative estimate of drug-likeness (QED) is 0.522. The molecule has 0 spiro atoms. The van der Waals surface area contributed by atoms with Crippen LogP contribution in [0.25, 0.3) is 6.08 Å². The zero-order valence-electron chi connectivity index (χ0n) is 14.5. The Hall–Kier alpha value is -2.93. The molecule has 2 aromatic rings. The van der Waals surface area contributed by atoms with E-state index in [-0.39, 0.29) is 11.6 Å². The largest absolute Gasteiger partial charge is 0.417 e. The SMILES string of the molecule is NC(=O)c1ccc(F)cc1C(F)(F)F.O=S(=O)(O)/C=C/c1ccc(C(F)(F)F)cc1. The van der Waals surface area contributed by atoms with Crippen LogP contribution in [0.4, 0.5) is 30.7 Å². The Balaban J connectivity index is 0.000000303. The predicted octanol–water partition coefficient (Wildman–Crippen LogP) is 4.51. The minimum Gasteiger partial charge on any atom is -0.366 e. The molecule has 0 aromatic heterocycles. The van der Waals surface area contributed by atoms with Crippen LogP contribution >= 0.6 is 0 Å². The molecule has 30 heavy (non-hydrogen) atoms. The first kappa shape index (κ1) is 25.1. The highest BCUT2D eigenvalue weighted by Crippen LogP contribution is 2.32. The van der Waals surface area contributed by atoms with Crippen LogP contribution in [-0.4, -0.2) is 18.9 Å². The third-order valence-corrected chi connectivity index (χ3v) is 3.70. The number of carbonyl (C=O) groups excluding carboxylic acids is 1. The Morgan fingerprint density at radius 3 is 1.87 bits per heavy atom. The average molecular weight is 459 g/mol. The van der Waals surface area contributed by atoms with Gasteiger partial charge in [-0.25, -0.2) is 4.39 Å². The molecule has 0 bridgehead atoms. The van der Waals surface area contributed by atoms with E-state index in [4.69, 9.17) is 10.3 Å². The van der Waals surface area contributed by atoms with Crippen LogP contribution in [0.1, 0.15) is 27.0 Å². The lowest BCUT2D eigenvalue weighted by Gasteiger charge is -2.09. The number of hydrogen-bond acceptors (Lipinski definition) is 3. The number of carbonyl (C=O) groups is 1. The second-order valence-electron chi connectivity index (χ2n) is 5.49. The second-order valence-corrected chi connectivity index (χ2v) is 6.79. The van der Waals surface area contributed by atoms with Gasteiger partial charge in [-0.05, 0) is 42.0 Å². The highest BCUT2D eigenvalue weighted by atomic mass is 32.2. The molecule has 0 aliphatic rings. The smallest absolute Gasteiger partial charge is 0.366 e. The van der Waals surface area contributed by atoms with Gasteiger partial charge in [-0.15, -0.1) is 0 Å². The van der Waals surface area contributed by atoms with Gasteiger partial charge in [0.25, 0.3) is 10.1 Å². The fraction of sp³-hybridized carbons (Fsp3) is 0.118. The highest BCUT2D eigenvalue weighted by molar-refractivity contribution is 7.88. The Kier molecular flexibility index (Phi) is 7.75. The number of hydrogen-bond donors (Lipinski definition) is 2. The summed E-state index contributed by atoms with van der Waals surface area (Å²) in [5, 5.41) is 0.496. The standard InChI is InChI=1S/C9H7F3O3S.C8H5F4NO/c10-9(11,12)8-3-1-7(2-4-8)5-6-16(13,14)15;9-4-1-2-5(7(13)14)6(3-4)8(10,11)12/h1-6H,(H,13,14,15);1-3H,(H2,13,14)/b6-5+;. The van der Waals surface area contributed by atoms with Crippen molar-refractivity contribution in [2.24, 2.45) is 5.73 Å². The molecule has 0 unspecified atom stereocenters. The van der Waals surface area contributed by atoms with Crippen molar-refractivity contribution >= 4 is 22.1 Å². The van der Waals surface area contributed by atoms with Gasteiger partial charge in [-0.1, -0.05) is 12.1 Å². The van der Waals surface area contributed by atoms with Gasteiger partial charge in [0.1, 0.15) is 5.82 Å². The molecule has 0 aliphatic carbocycles. The van der Waals surface area contributed by atoms with Gasteiger partial charge in [0.15, 0.2) is 0 Å². The highest BCUT2D eigenvalue weighted by Gasteiger charge is 2.35. The Morgan fingerprint density at radius 1 is 0.933 bits per heavy atom. The minimum atomic E-state index is -4.79. The predicted molar refractivity (Wildman–Crippen MR) is 91.9 cm³/mol. The fourth-order valence-corrected chi connectivity index (χ4v) is 2.24. The third kappa shape index (κ3) is 8.21. The normalized spacial score (nSPS) is 12.4. The number of nitrogens with two attached hydrogens (primary N) is 1. The summed E-state index contributed by atoms with van der Waals surface area (Å²) in [6.45, 7) is 0. The van der Waals surface area contributed by atoms with Gasteiger partial charge in [-0.2, -0.15) is 34.8 Å². The van der Waals surface area contributed by atoms with Crippen molar-refractivity contribution in [2.45, 2.75) is 12.4 Å². The maximum Gasteiger partial charge on any atom is 0.417 e. The summed E-state index contributed by atoms with van der Waals surface area (Å²) in [5.41, 5.74) is 2.02. The number of halogens is 7. The summed E-state index contributed by atoms with van der Waals surface area (Å²) in [7, 11) is -4.26. The van der Waals surface area contributed by atoms with Crippen molar-refractivity contribution in [2.75, 3.05) is 0 Å². The van der Waals surface area contributed by atoms with Crippen LogP contribution in [0.3, 0.4) is 0 Å². The van der Waals surface area contributed by atoms with Crippen LogP contribution in [0.2, 0.25) is 0 Å². The van der Waals surface area contributed by atoms with Gasteiger partial charge in [0.05, 0.1) is 22.1 Å². The Morgan fingerprint density at radius 2 is 1.47 bits per heavy atom. The Bertz CT molecular complexity index is 1030. The van der Waals surface area contributed by atoms with E-state index >= 15 is 0 Å². The molecule has 3 N–H and O–H groups in total. The van der Waals surface area contributed by atoms with Gasteiger partial charge in [-0.3, -0.25) is 9.35 Å². The van der Waals surface area contributed by atoms with Gasteiger partial charge < -0.3 is 5.73 Å². The van der Waals surface area contributed by atoms with Gasteiger partial charge in [0.2, 0.25) is 5.91 Å². The lowest BCUT2D eigenvalue weighted by Crippen LogP contribution is -2.18. The summed E-state index contributed by atoms with van der Waals surface area (Å²) in [4.78, 5) is 10.6. The van der Waals surface area contributed by atoms with Crippen LogP contribution < -0.4 is 5.73 Å². The van der Waals surface area contributed by atoms with Crippen molar-refractivity contribution in [1.29, 1.82) is 0 Å². The maximum absolute atomic E-state index is 12.5. The molecule has 13 heteroatoms. The number of benzene rings is 2. The zero-order valence-corrected chi connectivity index (χ0v) is 15.3. The van der Waals surface area contributed by atoms with Crippen LogP contribution in [0.15, 0.2) is 47.9 Å². The van der Waals surface area contributed by atoms with Crippen LogP contribution in [0, 0.1) is 5.82 Å². The van der Waals surface area contributed by atoms with Crippen LogP contribution in [-0.2, 0) is 22.5 Å². The molecule has 0 saturated heterocycles. The average Bonchev–Trinajstić information content (AvgIpc) is 2.58. The summed E-state index contributed by atoms with van der Waals surface area (Å²) in [6.07, 6.45) is -8.22. The van der Waals surface area contributed by atoms with Crippen LogP contribution in [0.5, 0.6) is 0 Å². The number of rotatable bonds is 3. The summed E-state index contributed by atoms with van der Waals surface area (Å²) in [6, 6.07) is 5.54. The first-order valence-electron chi connectivity index (χ1n) is 7.50. The molecule has 164 valence electrons. The molecule has 5 nitrogen and oxygen atoms in total. The minimum absolute atomic E-state index is 0.236. The van der Waals surface area contributed by atoms with E-state index in [1.54, 1.807) is 0 Å². The Labute approximate surface area is 165 Å². The zero-order chi connectivity index (χ0) is 23.3. The first-order chi connectivity index (χ1) is 13.5. The van der Waals surface area contributed by atoms with E-state index in [0.717, 1.165) is 36.4 Å². The molecule has 0 radical (unpaired) electrons.